The molecule has 0 radical (unpaired) electrons. The molecule has 0 aromatic heterocycles. The van der Waals surface area contributed by atoms with Gasteiger partial charge in [0.15, 0.2) is 0 Å². The Kier molecular flexibility index (Phi) is 8.15. The number of esters is 1. The number of anilines is 1. The number of benzene rings is 2. The smallest absolute Gasteiger partial charge is 0.327 e. The number of halogens is 2. The van der Waals surface area contributed by atoms with E-state index in [4.69, 9.17) is 32.7 Å². The number of carbonyl (C=O) groups is 2. The van der Waals surface area contributed by atoms with Crippen molar-refractivity contribution in [1.29, 1.82) is 0 Å². The van der Waals surface area contributed by atoms with Crippen LogP contribution in [-0.4, -0.2) is 68.6 Å². The highest BCUT2D eigenvalue weighted by Gasteiger charge is 2.31. The van der Waals surface area contributed by atoms with Crippen LogP contribution in [0.25, 0.3) is 0 Å². The van der Waals surface area contributed by atoms with E-state index in [9.17, 15) is 9.59 Å². The van der Waals surface area contributed by atoms with Crippen LogP contribution in [0.4, 0.5) is 5.69 Å². The molecule has 1 aliphatic rings. The lowest BCUT2D eigenvalue weighted by Gasteiger charge is -2.38. The van der Waals surface area contributed by atoms with Crippen molar-refractivity contribution in [2.45, 2.75) is 6.04 Å². The first kappa shape index (κ1) is 23.3. The molecule has 0 aliphatic carbocycles. The molecule has 1 fully saturated rings. The average molecular weight is 466 g/mol. The molecule has 3 rings (SSSR count). The van der Waals surface area contributed by atoms with Gasteiger partial charge in [-0.2, -0.15) is 0 Å². The third-order valence-electron chi connectivity index (χ3n) is 5.18. The molecule has 1 amide bonds. The maximum Gasteiger partial charge on any atom is 0.327 e. The van der Waals surface area contributed by atoms with E-state index in [2.05, 4.69) is 10.2 Å². The zero-order valence-electron chi connectivity index (χ0n) is 17.4. The maximum absolute atomic E-state index is 12.4. The normalized spacial score (nSPS) is 15.9. The highest BCUT2D eigenvalue weighted by molar-refractivity contribution is 6.32. The van der Waals surface area contributed by atoms with Crippen LogP contribution in [0.1, 0.15) is 11.6 Å². The number of carbonyl (C=O) groups excluding carboxylic acids is 2. The third-order valence-corrected chi connectivity index (χ3v) is 5.73. The Hall–Kier alpha value is -2.32. The lowest BCUT2D eigenvalue weighted by Crippen LogP contribution is -2.51. The molecule has 7 nitrogen and oxygen atoms in total. The van der Waals surface area contributed by atoms with Gasteiger partial charge < -0.3 is 14.8 Å². The summed E-state index contributed by atoms with van der Waals surface area (Å²) in [6, 6.07) is 11.8. The van der Waals surface area contributed by atoms with Crippen LogP contribution in [0.15, 0.2) is 42.5 Å². The van der Waals surface area contributed by atoms with E-state index in [1.807, 2.05) is 17.0 Å². The average Bonchev–Trinajstić information content (AvgIpc) is 2.76. The Labute approximate surface area is 191 Å². The molecule has 1 aliphatic heterocycles. The SMILES string of the molecule is COC(=O)[C@@H](c1ccc(Cl)cc1)N1CCN(CC(=O)Nc2ccc(OC)c(Cl)c2)CC1. The number of ether oxygens (including phenoxy) is 2. The van der Waals surface area contributed by atoms with Crippen molar-refractivity contribution in [3.8, 4) is 5.75 Å². The van der Waals surface area contributed by atoms with Gasteiger partial charge in [-0.25, -0.2) is 4.79 Å². The molecule has 166 valence electrons. The number of hydrogen-bond donors (Lipinski definition) is 1. The van der Waals surface area contributed by atoms with Crippen LogP contribution in [0.5, 0.6) is 5.75 Å². The van der Waals surface area contributed by atoms with Gasteiger partial charge in [-0.3, -0.25) is 14.6 Å². The van der Waals surface area contributed by atoms with Gasteiger partial charge in [-0.15, -0.1) is 0 Å². The summed E-state index contributed by atoms with van der Waals surface area (Å²) < 4.78 is 10.1. The predicted octanol–water partition coefficient (Wildman–Crippen LogP) is 3.47. The molecule has 1 N–H and O–H groups in total. The number of rotatable bonds is 7. The van der Waals surface area contributed by atoms with Crippen molar-refractivity contribution in [3.05, 3.63) is 58.1 Å². The standard InChI is InChI=1S/C22H25Cl2N3O4/c1-30-19-8-7-17(13-18(19)24)25-20(28)14-26-9-11-27(12-10-26)21(22(29)31-2)15-3-5-16(23)6-4-15/h3-8,13,21H,9-12,14H2,1-2H3,(H,25,28)/t21-/m1/s1. The van der Waals surface area contributed by atoms with E-state index < -0.39 is 6.04 Å². The summed E-state index contributed by atoms with van der Waals surface area (Å²) >= 11 is 12.1. The summed E-state index contributed by atoms with van der Waals surface area (Å²) in [4.78, 5) is 29.0. The minimum atomic E-state index is -0.500. The van der Waals surface area contributed by atoms with Crippen molar-refractivity contribution < 1.29 is 19.1 Å². The Bertz CT molecular complexity index is 915. The fraction of sp³-hybridized carbons (Fsp3) is 0.364. The van der Waals surface area contributed by atoms with Crippen LogP contribution in [-0.2, 0) is 14.3 Å². The molecule has 31 heavy (non-hydrogen) atoms. The Morgan fingerprint density at radius 3 is 2.29 bits per heavy atom. The van der Waals surface area contributed by atoms with Crippen LogP contribution in [0, 0.1) is 0 Å². The summed E-state index contributed by atoms with van der Waals surface area (Å²) in [6.07, 6.45) is 0. The number of methoxy groups -OCH3 is 2. The van der Waals surface area contributed by atoms with Gasteiger partial charge >= 0.3 is 5.97 Å². The van der Waals surface area contributed by atoms with E-state index in [0.717, 1.165) is 5.56 Å². The molecule has 1 saturated heterocycles. The molecule has 1 atom stereocenters. The summed E-state index contributed by atoms with van der Waals surface area (Å²) in [6.45, 7) is 2.81. The molecule has 0 bridgehead atoms. The molecular weight excluding hydrogens is 441 g/mol. The Balaban J connectivity index is 1.56. The molecule has 0 spiro atoms. The van der Waals surface area contributed by atoms with Gasteiger partial charge in [0.2, 0.25) is 5.91 Å². The summed E-state index contributed by atoms with van der Waals surface area (Å²) in [5, 5.41) is 3.90. The van der Waals surface area contributed by atoms with Crippen LogP contribution >= 0.6 is 23.2 Å². The van der Waals surface area contributed by atoms with E-state index in [1.54, 1.807) is 30.3 Å². The highest BCUT2D eigenvalue weighted by Crippen LogP contribution is 2.27. The van der Waals surface area contributed by atoms with Crippen molar-refractivity contribution in [1.82, 2.24) is 9.80 Å². The van der Waals surface area contributed by atoms with Crippen molar-refractivity contribution >= 4 is 40.8 Å². The number of nitrogens with zero attached hydrogens (tertiary/aromatic N) is 2. The lowest BCUT2D eigenvalue weighted by atomic mass is 10.0. The lowest BCUT2D eigenvalue weighted by molar-refractivity contribution is -0.148. The van der Waals surface area contributed by atoms with Crippen LogP contribution in [0.2, 0.25) is 10.0 Å². The van der Waals surface area contributed by atoms with Crippen molar-refractivity contribution in [2.24, 2.45) is 0 Å². The summed E-state index contributed by atoms with van der Waals surface area (Å²) in [5.41, 5.74) is 1.45. The number of hydrogen-bond acceptors (Lipinski definition) is 6. The van der Waals surface area contributed by atoms with Crippen molar-refractivity contribution in [3.63, 3.8) is 0 Å². The van der Waals surface area contributed by atoms with Gasteiger partial charge in [0.1, 0.15) is 11.8 Å². The summed E-state index contributed by atoms with van der Waals surface area (Å²) in [5.74, 6) is 0.110. The molecule has 2 aromatic carbocycles. The van der Waals surface area contributed by atoms with E-state index >= 15 is 0 Å². The quantitative estimate of drug-likeness (QED) is 0.631. The fourth-order valence-electron chi connectivity index (χ4n) is 3.58. The van der Waals surface area contributed by atoms with E-state index in [0.29, 0.717) is 47.7 Å². The predicted molar refractivity (Wildman–Crippen MR) is 121 cm³/mol. The minimum Gasteiger partial charge on any atom is -0.495 e. The van der Waals surface area contributed by atoms with Crippen LogP contribution < -0.4 is 10.1 Å². The number of amides is 1. The molecule has 0 unspecified atom stereocenters. The number of piperazine rings is 1. The van der Waals surface area contributed by atoms with Gasteiger partial charge in [0.25, 0.3) is 0 Å². The van der Waals surface area contributed by atoms with Gasteiger partial charge in [0.05, 0.1) is 25.8 Å². The second-order valence-electron chi connectivity index (χ2n) is 7.19. The topological polar surface area (TPSA) is 71.1 Å². The Morgan fingerprint density at radius 1 is 1.03 bits per heavy atom. The fourth-order valence-corrected chi connectivity index (χ4v) is 3.96. The van der Waals surface area contributed by atoms with Gasteiger partial charge in [0, 0.05) is 36.9 Å². The van der Waals surface area contributed by atoms with Gasteiger partial charge in [-0.1, -0.05) is 35.3 Å². The molecule has 2 aromatic rings. The third kappa shape index (κ3) is 6.11. The van der Waals surface area contributed by atoms with E-state index in [-0.39, 0.29) is 18.4 Å². The largest absolute Gasteiger partial charge is 0.495 e. The highest BCUT2D eigenvalue weighted by atomic mass is 35.5. The molecule has 1 heterocycles. The zero-order valence-corrected chi connectivity index (χ0v) is 18.9. The molecule has 9 heteroatoms. The first-order valence-corrected chi connectivity index (χ1v) is 10.6. The summed E-state index contributed by atoms with van der Waals surface area (Å²) in [7, 11) is 2.92. The van der Waals surface area contributed by atoms with E-state index in [1.165, 1.54) is 14.2 Å². The monoisotopic (exact) mass is 465 g/mol. The second kappa shape index (κ2) is 10.8. The van der Waals surface area contributed by atoms with Crippen molar-refractivity contribution in [2.75, 3.05) is 52.3 Å². The minimum absolute atomic E-state index is 0.128. The van der Waals surface area contributed by atoms with Crippen LogP contribution in [0.3, 0.4) is 0 Å². The van der Waals surface area contributed by atoms with Gasteiger partial charge in [-0.05, 0) is 35.9 Å². The first-order valence-electron chi connectivity index (χ1n) is 9.84. The number of nitrogens with one attached hydrogen (secondary N) is 1. The Morgan fingerprint density at radius 2 is 1.71 bits per heavy atom. The first-order chi connectivity index (χ1) is 14.9. The molecular formula is C22H25Cl2N3O4. The second-order valence-corrected chi connectivity index (χ2v) is 8.03. The molecule has 0 saturated carbocycles. The zero-order chi connectivity index (χ0) is 22.4. The maximum atomic E-state index is 12.4.